The zero-order valence-electron chi connectivity index (χ0n) is 23.9. The van der Waals surface area contributed by atoms with Crippen LogP contribution in [0.15, 0.2) is 12.4 Å². The van der Waals surface area contributed by atoms with E-state index in [9.17, 15) is 27.6 Å². The Balaban J connectivity index is 0.000000245. The zero-order chi connectivity index (χ0) is 31.0. The van der Waals surface area contributed by atoms with E-state index in [1.165, 1.54) is 30.4 Å². The average molecular weight is 576 g/mol. The van der Waals surface area contributed by atoms with Gasteiger partial charge in [-0.1, -0.05) is 47.0 Å². The lowest BCUT2D eigenvalue weighted by molar-refractivity contribution is -0.174. The third-order valence-corrected chi connectivity index (χ3v) is 7.43. The highest BCUT2D eigenvalue weighted by atomic mass is 19.4. The third-order valence-electron chi connectivity index (χ3n) is 7.43. The number of halogens is 3. The molecule has 0 radical (unpaired) electrons. The number of carbonyl (C=O) groups excluding carboxylic acids is 3. The summed E-state index contributed by atoms with van der Waals surface area (Å²) in [5.74, 6) is 1.25. The second kappa shape index (κ2) is 14.0. The largest absolute Gasteiger partial charge is 0.471 e. The molecule has 41 heavy (non-hydrogen) atoms. The minimum atomic E-state index is -4.95. The lowest BCUT2D eigenvalue weighted by atomic mass is 9.84. The first-order chi connectivity index (χ1) is 19.2. The Morgan fingerprint density at radius 2 is 1.93 bits per heavy atom. The zero-order valence-corrected chi connectivity index (χ0v) is 23.9. The molecule has 1 unspecified atom stereocenters. The Morgan fingerprint density at radius 3 is 2.37 bits per heavy atom. The summed E-state index contributed by atoms with van der Waals surface area (Å²) in [4.78, 5) is 38.2. The second-order valence-electron chi connectivity index (χ2n) is 11.0. The Labute approximate surface area is 237 Å². The van der Waals surface area contributed by atoms with Crippen molar-refractivity contribution in [3.8, 4) is 18.4 Å². The number of likely N-dealkylation sites (tertiary alicyclic amines) is 1. The van der Waals surface area contributed by atoms with Crippen molar-refractivity contribution in [3.63, 3.8) is 0 Å². The molecule has 3 amide bonds. The van der Waals surface area contributed by atoms with Gasteiger partial charge in [-0.25, -0.2) is 0 Å². The van der Waals surface area contributed by atoms with Gasteiger partial charge in [-0.05, 0) is 23.2 Å². The van der Waals surface area contributed by atoms with E-state index in [1.807, 2.05) is 26.8 Å². The maximum absolute atomic E-state index is 11.9. The molecular formula is C28H36F3N7O3. The summed E-state index contributed by atoms with van der Waals surface area (Å²) in [7, 11) is 1.74. The lowest BCUT2D eigenvalue weighted by Crippen LogP contribution is -2.44. The summed E-state index contributed by atoms with van der Waals surface area (Å²) in [5.41, 5.74) is 1.64. The number of nitrogens with zero attached hydrogens (tertiary/aromatic N) is 5. The molecule has 0 spiro atoms. The van der Waals surface area contributed by atoms with Crippen molar-refractivity contribution in [1.29, 1.82) is 5.26 Å². The predicted molar refractivity (Wildman–Crippen MR) is 146 cm³/mol. The molecule has 222 valence electrons. The van der Waals surface area contributed by atoms with Crippen molar-refractivity contribution in [2.45, 2.75) is 59.2 Å². The molecule has 1 saturated heterocycles. The molecule has 2 fully saturated rings. The fourth-order valence-electron chi connectivity index (χ4n) is 4.27. The minimum absolute atomic E-state index is 0.0519. The van der Waals surface area contributed by atoms with Gasteiger partial charge in [-0.2, -0.15) is 23.5 Å². The summed E-state index contributed by atoms with van der Waals surface area (Å²) in [6, 6.07) is 1.19. The topological polar surface area (TPSA) is 133 Å². The number of nitrogens with one attached hydrogen (secondary N) is 2. The van der Waals surface area contributed by atoms with E-state index < -0.39 is 30.6 Å². The van der Waals surface area contributed by atoms with Gasteiger partial charge in [0, 0.05) is 37.3 Å². The van der Waals surface area contributed by atoms with Crippen molar-refractivity contribution in [3.05, 3.63) is 23.7 Å². The van der Waals surface area contributed by atoms with Gasteiger partial charge >= 0.3 is 12.1 Å². The van der Waals surface area contributed by atoms with Gasteiger partial charge in [0.2, 0.25) is 12.3 Å². The first-order valence-electron chi connectivity index (χ1n) is 13.2. The van der Waals surface area contributed by atoms with Crippen molar-refractivity contribution in [1.82, 2.24) is 30.3 Å². The van der Waals surface area contributed by atoms with Crippen LogP contribution in [0.1, 0.15) is 64.3 Å². The molecule has 1 saturated carbocycles. The van der Waals surface area contributed by atoms with Crippen LogP contribution in [0.25, 0.3) is 10.9 Å². The van der Waals surface area contributed by atoms with Crippen LogP contribution in [-0.2, 0) is 21.4 Å². The van der Waals surface area contributed by atoms with Crippen LogP contribution < -0.4 is 10.6 Å². The van der Waals surface area contributed by atoms with Gasteiger partial charge < -0.3 is 15.5 Å². The monoisotopic (exact) mass is 575 g/mol. The molecule has 2 aliphatic rings. The fraction of sp³-hybridized carbons (Fsp3) is 0.571. The average Bonchev–Trinajstić information content (AvgIpc) is 3.38. The number of terminal acetylenes is 1. The number of carbonyl (C=O) groups is 3. The van der Waals surface area contributed by atoms with E-state index in [4.69, 9.17) is 11.7 Å². The van der Waals surface area contributed by atoms with Crippen LogP contribution in [0.4, 0.5) is 13.2 Å². The second-order valence-corrected chi connectivity index (χ2v) is 11.0. The Hall–Kier alpha value is -4.13. The Morgan fingerprint density at radius 1 is 1.29 bits per heavy atom. The molecule has 13 heteroatoms. The number of rotatable bonds is 5. The first kappa shape index (κ1) is 33.1. The molecule has 4 rings (SSSR count). The highest BCUT2D eigenvalue weighted by molar-refractivity contribution is 5.88. The number of hydrogen-bond donors (Lipinski definition) is 2. The number of pyridine rings is 1. The standard InChI is InChI=1S/C12H9N5O.C11H17F3N2O2.C5H10/c1-3-9-12-8(10(4-13)15-7-18)5-14-6-11(12)17(2)16-9;1-7-5-16(6-10(7,2)3)8(17)4-15-9(18)11(12,13)14;1-5-3-2-4-5/h1,5-7,10H,2H3,(H,15,18);7H,4-6H2,1-3H3,(H,15,18);5H,2-4H2,1H3/t;7-;/m.0./s1. The number of hydrogen-bond acceptors (Lipinski definition) is 6. The molecule has 10 nitrogen and oxygen atoms in total. The number of aromatic nitrogens is 3. The first-order valence-corrected chi connectivity index (χ1v) is 13.2. The van der Waals surface area contributed by atoms with E-state index in [-0.39, 0.29) is 11.3 Å². The van der Waals surface area contributed by atoms with Gasteiger partial charge in [0.15, 0.2) is 0 Å². The van der Waals surface area contributed by atoms with Gasteiger partial charge in [0.25, 0.3) is 0 Å². The SMILES string of the molecule is C#Cc1nn(C)c2cncc(C(C#N)NC=O)c12.CC1CCC1.C[C@H]1CN(C(=O)CNC(=O)C(F)(F)F)CC1(C)C. The third kappa shape index (κ3) is 8.68. The van der Waals surface area contributed by atoms with E-state index in [0.29, 0.717) is 41.7 Å². The molecule has 2 atom stereocenters. The van der Waals surface area contributed by atoms with Crippen LogP contribution in [0.3, 0.4) is 0 Å². The Kier molecular flexibility index (Phi) is 11.3. The summed E-state index contributed by atoms with van der Waals surface area (Å²) < 4.78 is 37.4. The highest BCUT2D eigenvalue weighted by Crippen LogP contribution is 2.34. The molecular weight excluding hydrogens is 539 g/mol. The van der Waals surface area contributed by atoms with Gasteiger partial charge in [-0.3, -0.25) is 24.0 Å². The molecule has 2 aromatic heterocycles. The smallest absolute Gasteiger partial charge is 0.340 e. The van der Waals surface area contributed by atoms with E-state index in [0.717, 1.165) is 5.92 Å². The minimum Gasteiger partial charge on any atom is -0.340 e. The summed E-state index contributed by atoms with van der Waals surface area (Å²) >= 11 is 0. The van der Waals surface area contributed by atoms with E-state index >= 15 is 0 Å². The van der Waals surface area contributed by atoms with Crippen LogP contribution in [0.2, 0.25) is 0 Å². The summed E-state index contributed by atoms with van der Waals surface area (Å²) in [6.45, 7) is 8.69. The normalized spacial score (nSPS) is 18.3. The molecule has 0 bridgehead atoms. The Bertz CT molecular complexity index is 1320. The van der Waals surface area contributed by atoms with Gasteiger partial charge in [0.1, 0.15) is 11.7 Å². The summed E-state index contributed by atoms with van der Waals surface area (Å²) in [6.07, 6.45) is 8.50. The number of fused-ring (bicyclic) bond motifs is 1. The quantitative estimate of drug-likeness (QED) is 0.416. The number of alkyl halides is 3. The number of aryl methyl sites for hydroxylation is 1. The van der Waals surface area contributed by atoms with Crippen molar-refractivity contribution in [2.75, 3.05) is 19.6 Å². The maximum Gasteiger partial charge on any atom is 0.471 e. The molecule has 0 aromatic carbocycles. The molecule has 3 heterocycles. The predicted octanol–water partition coefficient (Wildman–Crippen LogP) is 3.24. The lowest BCUT2D eigenvalue weighted by Gasteiger charge is -2.22. The molecule has 1 aliphatic heterocycles. The van der Waals surface area contributed by atoms with E-state index in [1.54, 1.807) is 23.2 Å². The molecule has 2 N–H and O–H groups in total. The van der Waals surface area contributed by atoms with Crippen molar-refractivity contribution in [2.24, 2.45) is 24.3 Å². The van der Waals surface area contributed by atoms with E-state index in [2.05, 4.69) is 28.2 Å². The van der Waals surface area contributed by atoms with Crippen LogP contribution in [0.5, 0.6) is 0 Å². The van der Waals surface area contributed by atoms with Crippen LogP contribution >= 0.6 is 0 Å². The van der Waals surface area contributed by atoms with Gasteiger partial charge in [-0.15, -0.1) is 6.42 Å². The summed E-state index contributed by atoms with van der Waals surface area (Å²) in [5, 5.41) is 17.9. The van der Waals surface area contributed by atoms with Gasteiger partial charge in [0.05, 0.1) is 24.3 Å². The molecule has 1 aliphatic carbocycles. The fourth-order valence-corrected chi connectivity index (χ4v) is 4.27. The van der Waals surface area contributed by atoms with Crippen LogP contribution in [0, 0.1) is 40.9 Å². The highest BCUT2D eigenvalue weighted by Gasteiger charge is 2.41. The van der Waals surface area contributed by atoms with Crippen molar-refractivity contribution >= 4 is 29.1 Å². The maximum atomic E-state index is 11.9. The van der Waals surface area contributed by atoms with Crippen LogP contribution in [-0.4, -0.2) is 63.7 Å². The van der Waals surface area contributed by atoms with Crippen molar-refractivity contribution < 1.29 is 27.6 Å². The molecule has 2 aromatic rings. The number of amides is 3. The number of nitriles is 1.